The molecule has 7 nitrogen and oxygen atoms in total. The van der Waals surface area contributed by atoms with Gasteiger partial charge < -0.3 is 20.5 Å². The van der Waals surface area contributed by atoms with Crippen molar-refractivity contribution in [2.24, 2.45) is 18.9 Å². The number of carbonyl (C=O) groups excluding carboxylic acids is 2. The zero-order chi connectivity index (χ0) is 24.8. The van der Waals surface area contributed by atoms with Gasteiger partial charge in [0, 0.05) is 42.8 Å². The number of pyridine rings is 1. The molecule has 3 atom stereocenters. The Hall–Kier alpha value is -3.35. The van der Waals surface area contributed by atoms with Crippen LogP contribution in [0.2, 0.25) is 0 Å². The number of amides is 2. The Morgan fingerprint density at radius 3 is 2.60 bits per heavy atom. The van der Waals surface area contributed by atoms with Crippen molar-refractivity contribution in [3.8, 4) is 0 Å². The van der Waals surface area contributed by atoms with Crippen LogP contribution in [0.5, 0.6) is 0 Å². The molecule has 3 N–H and O–H groups in total. The lowest BCUT2D eigenvalue weighted by Crippen LogP contribution is -2.51. The number of hydrogen-bond acceptors (Lipinski definition) is 4. The smallest absolute Gasteiger partial charge is 0.268 e. The molecule has 1 fully saturated rings. The number of nitrogens with zero attached hydrogens (tertiary/aromatic N) is 2. The van der Waals surface area contributed by atoms with E-state index in [0.29, 0.717) is 18.2 Å². The van der Waals surface area contributed by atoms with E-state index in [9.17, 15) is 9.59 Å². The average Bonchev–Trinajstić information content (AvgIpc) is 3.20. The fraction of sp³-hybridized carbons (Fsp3) is 0.464. The standard InChI is InChI=1S/C28H37N5O2/c1-19(2)16-21(18-30-26-14-8-9-15-29-26)31-27(34)22-11-5-6-12-23(22)32-28(35)25-17-20-10-4-7-13-24(20)33(25)3/h4,7-10,13-15,17,19,21-23H,5-6,11-12,16,18H2,1-3H3,(H,29,30)(H,31,34)(H,32,35)/t21?,22-,23+/m1/s1. The van der Waals surface area contributed by atoms with E-state index in [0.717, 1.165) is 48.8 Å². The van der Waals surface area contributed by atoms with E-state index in [4.69, 9.17) is 0 Å². The van der Waals surface area contributed by atoms with Crippen LogP contribution in [0.1, 0.15) is 56.4 Å². The van der Waals surface area contributed by atoms with Gasteiger partial charge in [-0.3, -0.25) is 9.59 Å². The van der Waals surface area contributed by atoms with Crippen LogP contribution in [-0.4, -0.2) is 40.0 Å². The van der Waals surface area contributed by atoms with Gasteiger partial charge in [-0.2, -0.15) is 0 Å². The van der Waals surface area contributed by atoms with E-state index < -0.39 is 0 Å². The molecule has 0 bridgehead atoms. The lowest BCUT2D eigenvalue weighted by atomic mass is 9.83. The molecule has 0 spiro atoms. The van der Waals surface area contributed by atoms with E-state index in [1.54, 1.807) is 6.20 Å². The van der Waals surface area contributed by atoms with Crippen LogP contribution in [0.3, 0.4) is 0 Å². The molecule has 2 aromatic heterocycles. The molecule has 7 heteroatoms. The maximum absolute atomic E-state index is 13.4. The number of aromatic nitrogens is 2. The molecule has 0 saturated heterocycles. The fourth-order valence-electron chi connectivity index (χ4n) is 5.13. The zero-order valence-electron chi connectivity index (χ0n) is 21.0. The highest BCUT2D eigenvalue weighted by molar-refractivity contribution is 5.99. The monoisotopic (exact) mass is 475 g/mol. The molecule has 1 aliphatic rings. The minimum atomic E-state index is -0.230. The summed E-state index contributed by atoms with van der Waals surface area (Å²) >= 11 is 0. The average molecular weight is 476 g/mol. The maximum atomic E-state index is 13.4. The van der Waals surface area contributed by atoms with Gasteiger partial charge in [0.25, 0.3) is 5.91 Å². The van der Waals surface area contributed by atoms with Crippen molar-refractivity contribution in [2.45, 2.75) is 58.0 Å². The van der Waals surface area contributed by atoms with E-state index in [1.165, 1.54) is 0 Å². The predicted molar refractivity (Wildman–Crippen MR) is 140 cm³/mol. The Morgan fingerprint density at radius 2 is 1.86 bits per heavy atom. The van der Waals surface area contributed by atoms with Crippen molar-refractivity contribution in [1.82, 2.24) is 20.2 Å². The van der Waals surface area contributed by atoms with Crippen molar-refractivity contribution < 1.29 is 9.59 Å². The Bertz CT molecular complexity index is 1140. The Morgan fingerprint density at radius 1 is 1.09 bits per heavy atom. The predicted octanol–water partition coefficient (Wildman–Crippen LogP) is 4.50. The second kappa shape index (κ2) is 11.4. The third-order valence-electron chi connectivity index (χ3n) is 6.90. The molecule has 3 aromatic rings. The van der Waals surface area contributed by atoms with Gasteiger partial charge in [0.15, 0.2) is 0 Å². The first-order chi connectivity index (χ1) is 16.9. The first kappa shape index (κ1) is 24.8. The number of nitrogens with one attached hydrogen (secondary N) is 3. The van der Waals surface area contributed by atoms with Crippen molar-refractivity contribution in [2.75, 3.05) is 11.9 Å². The van der Waals surface area contributed by atoms with E-state index in [2.05, 4.69) is 34.8 Å². The third kappa shape index (κ3) is 6.21. The Kier molecular flexibility index (Phi) is 8.06. The summed E-state index contributed by atoms with van der Waals surface area (Å²) in [6.07, 6.45) is 6.23. The second-order valence-electron chi connectivity index (χ2n) is 10.0. The summed E-state index contributed by atoms with van der Waals surface area (Å²) < 4.78 is 1.92. The molecule has 1 aliphatic carbocycles. The summed E-state index contributed by atoms with van der Waals surface area (Å²) in [5.74, 6) is 0.920. The summed E-state index contributed by atoms with van der Waals surface area (Å²) in [5.41, 5.74) is 1.64. The van der Waals surface area contributed by atoms with Crippen molar-refractivity contribution in [3.63, 3.8) is 0 Å². The van der Waals surface area contributed by atoms with Gasteiger partial charge in [0.1, 0.15) is 11.5 Å². The van der Waals surface area contributed by atoms with Crippen LogP contribution < -0.4 is 16.0 Å². The number of aryl methyl sites for hydroxylation is 1. The molecule has 0 radical (unpaired) electrons. The fourth-order valence-corrected chi connectivity index (χ4v) is 5.13. The Labute approximate surface area is 207 Å². The maximum Gasteiger partial charge on any atom is 0.268 e. The van der Waals surface area contributed by atoms with E-state index >= 15 is 0 Å². The largest absolute Gasteiger partial charge is 0.368 e. The summed E-state index contributed by atoms with van der Waals surface area (Å²) in [4.78, 5) is 31.0. The number of rotatable bonds is 9. The van der Waals surface area contributed by atoms with Crippen LogP contribution >= 0.6 is 0 Å². The van der Waals surface area contributed by atoms with E-state index in [-0.39, 0.29) is 29.8 Å². The van der Waals surface area contributed by atoms with Gasteiger partial charge >= 0.3 is 0 Å². The highest BCUT2D eigenvalue weighted by atomic mass is 16.2. The molecule has 35 heavy (non-hydrogen) atoms. The highest BCUT2D eigenvalue weighted by Gasteiger charge is 2.33. The second-order valence-corrected chi connectivity index (χ2v) is 10.0. The van der Waals surface area contributed by atoms with Gasteiger partial charge in [0.05, 0.1) is 5.92 Å². The number of carbonyl (C=O) groups is 2. The SMILES string of the molecule is CC(C)CC(CNc1ccccn1)NC(=O)[C@@H]1CCCC[C@@H]1NC(=O)c1cc2ccccc2n1C. The molecule has 4 rings (SSSR count). The van der Waals surface area contributed by atoms with Crippen LogP contribution in [0.15, 0.2) is 54.7 Å². The molecule has 1 aromatic carbocycles. The third-order valence-corrected chi connectivity index (χ3v) is 6.90. The van der Waals surface area contributed by atoms with Crippen molar-refractivity contribution in [3.05, 3.63) is 60.4 Å². The normalized spacial score (nSPS) is 18.9. The summed E-state index contributed by atoms with van der Waals surface area (Å²) in [7, 11) is 1.91. The van der Waals surface area contributed by atoms with Crippen LogP contribution in [0, 0.1) is 11.8 Å². The first-order valence-corrected chi connectivity index (χ1v) is 12.7. The summed E-state index contributed by atoms with van der Waals surface area (Å²) in [6.45, 7) is 4.93. The van der Waals surface area contributed by atoms with Gasteiger partial charge in [0.2, 0.25) is 5.91 Å². The molecular formula is C28H37N5O2. The lowest BCUT2D eigenvalue weighted by Gasteiger charge is -2.33. The minimum Gasteiger partial charge on any atom is -0.368 e. The zero-order valence-corrected chi connectivity index (χ0v) is 21.0. The van der Waals surface area contributed by atoms with Crippen molar-refractivity contribution >= 4 is 28.5 Å². The van der Waals surface area contributed by atoms with Gasteiger partial charge in [-0.05, 0) is 49.4 Å². The minimum absolute atomic E-state index is 0.0130. The first-order valence-electron chi connectivity index (χ1n) is 12.7. The lowest BCUT2D eigenvalue weighted by molar-refractivity contribution is -0.127. The van der Waals surface area contributed by atoms with Crippen LogP contribution in [0.25, 0.3) is 10.9 Å². The molecule has 186 valence electrons. The van der Waals surface area contributed by atoms with Crippen LogP contribution in [0.4, 0.5) is 5.82 Å². The van der Waals surface area contributed by atoms with E-state index in [1.807, 2.05) is 60.1 Å². The number of anilines is 1. The van der Waals surface area contributed by atoms with Gasteiger partial charge in [-0.25, -0.2) is 4.98 Å². The van der Waals surface area contributed by atoms with Crippen LogP contribution in [-0.2, 0) is 11.8 Å². The van der Waals surface area contributed by atoms with Crippen molar-refractivity contribution in [1.29, 1.82) is 0 Å². The van der Waals surface area contributed by atoms with Gasteiger partial charge in [-0.15, -0.1) is 0 Å². The highest BCUT2D eigenvalue weighted by Crippen LogP contribution is 2.26. The molecule has 1 unspecified atom stereocenters. The Balaban J connectivity index is 1.42. The quantitative estimate of drug-likeness (QED) is 0.425. The number of fused-ring (bicyclic) bond motifs is 1. The summed E-state index contributed by atoms with van der Waals surface area (Å²) in [6, 6.07) is 15.5. The molecule has 2 heterocycles. The molecule has 2 amide bonds. The molecule has 0 aliphatic heterocycles. The number of para-hydroxylation sites is 1. The number of hydrogen-bond donors (Lipinski definition) is 3. The molecular weight excluding hydrogens is 438 g/mol. The number of benzene rings is 1. The molecule has 1 saturated carbocycles. The topological polar surface area (TPSA) is 88.1 Å². The van der Waals surface area contributed by atoms with Gasteiger partial charge in [-0.1, -0.05) is 51.0 Å². The summed E-state index contributed by atoms with van der Waals surface area (Å²) in [5, 5.41) is 10.9.